The van der Waals surface area contributed by atoms with E-state index in [9.17, 15) is 9.90 Å². The van der Waals surface area contributed by atoms with Gasteiger partial charge in [0.2, 0.25) is 5.91 Å². The summed E-state index contributed by atoms with van der Waals surface area (Å²) in [6.07, 6.45) is 0. The van der Waals surface area contributed by atoms with Crippen LogP contribution in [-0.4, -0.2) is 35.1 Å². The standard InChI is InChI=1S/C13H20N2O2/c1-13(2,9-16)15(3)12(17)11(14)10-7-5-4-6-8-10/h4-8,11,16H,9,14H2,1-3H3/t11-/m0/s1. The van der Waals surface area contributed by atoms with Crippen LogP contribution < -0.4 is 5.73 Å². The molecule has 0 saturated heterocycles. The molecule has 0 aliphatic carbocycles. The largest absolute Gasteiger partial charge is 0.394 e. The first-order chi connectivity index (χ1) is 7.90. The number of carbonyl (C=O) groups is 1. The fourth-order valence-electron chi connectivity index (χ4n) is 1.42. The molecule has 1 atom stereocenters. The zero-order valence-electron chi connectivity index (χ0n) is 10.6. The van der Waals surface area contributed by atoms with Gasteiger partial charge in [-0.05, 0) is 19.4 Å². The molecule has 0 bridgehead atoms. The summed E-state index contributed by atoms with van der Waals surface area (Å²) in [5.41, 5.74) is 6.09. The van der Waals surface area contributed by atoms with Gasteiger partial charge in [-0.3, -0.25) is 4.79 Å². The van der Waals surface area contributed by atoms with Gasteiger partial charge < -0.3 is 15.7 Å². The maximum absolute atomic E-state index is 12.1. The molecule has 1 rings (SSSR count). The molecule has 0 fully saturated rings. The Morgan fingerprint density at radius 2 is 1.94 bits per heavy atom. The first kappa shape index (κ1) is 13.7. The smallest absolute Gasteiger partial charge is 0.244 e. The quantitative estimate of drug-likeness (QED) is 0.816. The second kappa shape index (κ2) is 5.29. The molecule has 0 aliphatic heterocycles. The number of nitrogens with zero attached hydrogens (tertiary/aromatic N) is 1. The summed E-state index contributed by atoms with van der Waals surface area (Å²) in [5, 5.41) is 9.23. The third kappa shape index (κ3) is 3.05. The van der Waals surface area contributed by atoms with Crippen LogP contribution in [0.3, 0.4) is 0 Å². The molecule has 0 radical (unpaired) electrons. The van der Waals surface area contributed by atoms with Crippen molar-refractivity contribution >= 4 is 5.91 Å². The average Bonchev–Trinajstić information content (AvgIpc) is 2.37. The van der Waals surface area contributed by atoms with Gasteiger partial charge in [0.05, 0.1) is 12.1 Å². The van der Waals surface area contributed by atoms with Crippen molar-refractivity contribution in [2.75, 3.05) is 13.7 Å². The SMILES string of the molecule is CN(C(=O)[C@@H](N)c1ccccc1)C(C)(C)CO. The van der Waals surface area contributed by atoms with Crippen molar-refractivity contribution in [3.05, 3.63) is 35.9 Å². The van der Waals surface area contributed by atoms with Crippen LogP contribution in [0.25, 0.3) is 0 Å². The van der Waals surface area contributed by atoms with E-state index in [1.54, 1.807) is 20.9 Å². The molecule has 1 aromatic carbocycles. The first-order valence-electron chi connectivity index (χ1n) is 5.59. The van der Waals surface area contributed by atoms with E-state index in [0.717, 1.165) is 5.56 Å². The number of benzene rings is 1. The molecule has 0 aromatic heterocycles. The van der Waals surface area contributed by atoms with Crippen molar-refractivity contribution in [2.45, 2.75) is 25.4 Å². The molecule has 0 spiro atoms. The normalized spacial score (nSPS) is 13.2. The summed E-state index contributed by atoms with van der Waals surface area (Å²) >= 11 is 0. The number of carbonyl (C=O) groups excluding carboxylic acids is 1. The maximum Gasteiger partial charge on any atom is 0.244 e. The predicted molar refractivity (Wildman–Crippen MR) is 67.3 cm³/mol. The van der Waals surface area contributed by atoms with Gasteiger partial charge in [0.15, 0.2) is 0 Å². The molecular formula is C13H20N2O2. The summed E-state index contributed by atoms with van der Waals surface area (Å²) in [5.74, 6) is -0.199. The topological polar surface area (TPSA) is 66.6 Å². The summed E-state index contributed by atoms with van der Waals surface area (Å²) < 4.78 is 0. The number of hydrogen-bond donors (Lipinski definition) is 2. The van der Waals surface area contributed by atoms with Crippen LogP contribution in [0.2, 0.25) is 0 Å². The van der Waals surface area contributed by atoms with E-state index >= 15 is 0 Å². The van der Waals surface area contributed by atoms with Crippen LogP contribution in [-0.2, 0) is 4.79 Å². The van der Waals surface area contributed by atoms with E-state index in [4.69, 9.17) is 5.73 Å². The lowest BCUT2D eigenvalue weighted by molar-refractivity contribution is -0.137. The Kier molecular flexibility index (Phi) is 4.26. The van der Waals surface area contributed by atoms with Crippen molar-refractivity contribution in [1.29, 1.82) is 0 Å². The van der Waals surface area contributed by atoms with Gasteiger partial charge in [0.1, 0.15) is 6.04 Å². The molecule has 0 saturated carbocycles. The summed E-state index contributed by atoms with van der Waals surface area (Å²) in [6.45, 7) is 3.49. The highest BCUT2D eigenvalue weighted by Gasteiger charge is 2.30. The second-order valence-electron chi connectivity index (χ2n) is 4.76. The number of rotatable bonds is 4. The average molecular weight is 236 g/mol. The molecule has 0 aliphatic rings. The van der Waals surface area contributed by atoms with Crippen molar-refractivity contribution < 1.29 is 9.90 Å². The van der Waals surface area contributed by atoms with Gasteiger partial charge in [0.25, 0.3) is 0 Å². The maximum atomic E-state index is 12.1. The third-order valence-electron chi connectivity index (χ3n) is 3.05. The Bertz CT molecular complexity index is 376. The van der Waals surface area contributed by atoms with Crippen molar-refractivity contribution in [3.8, 4) is 0 Å². The molecular weight excluding hydrogens is 216 g/mol. The molecule has 1 aromatic rings. The molecule has 0 heterocycles. The zero-order valence-corrected chi connectivity index (χ0v) is 10.6. The molecule has 3 N–H and O–H groups in total. The highest BCUT2D eigenvalue weighted by Crippen LogP contribution is 2.18. The number of hydrogen-bond acceptors (Lipinski definition) is 3. The number of amides is 1. The number of nitrogens with two attached hydrogens (primary N) is 1. The van der Waals surface area contributed by atoms with Crippen LogP contribution in [0.1, 0.15) is 25.5 Å². The molecule has 4 nitrogen and oxygen atoms in total. The lowest BCUT2D eigenvalue weighted by Crippen LogP contribution is -2.50. The van der Waals surface area contributed by atoms with Crippen LogP contribution in [0.15, 0.2) is 30.3 Å². The van der Waals surface area contributed by atoms with E-state index in [1.807, 2.05) is 30.3 Å². The molecule has 94 valence electrons. The van der Waals surface area contributed by atoms with E-state index in [-0.39, 0.29) is 12.5 Å². The first-order valence-corrected chi connectivity index (χ1v) is 5.59. The minimum absolute atomic E-state index is 0.100. The van der Waals surface area contributed by atoms with Crippen LogP contribution in [0, 0.1) is 0 Å². The highest BCUT2D eigenvalue weighted by molar-refractivity contribution is 5.83. The number of likely N-dealkylation sites (N-methyl/N-ethyl adjacent to an activating group) is 1. The van der Waals surface area contributed by atoms with Crippen molar-refractivity contribution in [1.82, 2.24) is 4.90 Å². The van der Waals surface area contributed by atoms with Crippen LogP contribution >= 0.6 is 0 Å². The Labute approximate surface area is 102 Å². The van der Waals surface area contributed by atoms with E-state index < -0.39 is 11.6 Å². The van der Waals surface area contributed by atoms with Gasteiger partial charge in [-0.1, -0.05) is 30.3 Å². The minimum Gasteiger partial charge on any atom is -0.394 e. The van der Waals surface area contributed by atoms with E-state index in [1.165, 1.54) is 4.90 Å². The highest BCUT2D eigenvalue weighted by atomic mass is 16.3. The summed E-state index contributed by atoms with van der Waals surface area (Å²) in [6, 6.07) is 8.53. The zero-order chi connectivity index (χ0) is 13.1. The Hall–Kier alpha value is -1.39. The number of aliphatic hydroxyl groups excluding tert-OH is 1. The second-order valence-corrected chi connectivity index (χ2v) is 4.76. The lowest BCUT2D eigenvalue weighted by atomic mass is 10.0. The summed E-state index contributed by atoms with van der Waals surface area (Å²) in [7, 11) is 1.65. The lowest BCUT2D eigenvalue weighted by Gasteiger charge is -2.35. The van der Waals surface area contributed by atoms with Gasteiger partial charge in [-0.25, -0.2) is 0 Å². The monoisotopic (exact) mass is 236 g/mol. The fraction of sp³-hybridized carbons (Fsp3) is 0.462. The molecule has 4 heteroatoms. The Morgan fingerprint density at radius 1 is 1.41 bits per heavy atom. The van der Waals surface area contributed by atoms with Gasteiger partial charge in [0, 0.05) is 7.05 Å². The molecule has 1 amide bonds. The Morgan fingerprint density at radius 3 is 2.41 bits per heavy atom. The van der Waals surface area contributed by atoms with E-state index in [0.29, 0.717) is 0 Å². The molecule has 0 unspecified atom stereocenters. The predicted octanol–water partition coefficient (Wildman–Crippen LogP) is 0.916. The summed E-state index contributed by atoms with van der Waals surface area (Å²) in [4.78, 5) is 13.6. The van der Waals surface area contributed by atoms with E-state index in [2.05, 4.69) is 0 Å². The van der Waals surface area contributed by atoms with Gasteiger partial charge in [-0.15, -0.1) is 0 Å². The third-order valence-corrected chi connectivity index (χ3v) is 3.05. The van der Waals surface area contributed by atoms with Crippen LogP contribution in [0.4, 0.5) is 0 Å². The number of aliphatic hydroxyl groups is 1. The van der Waals surface area contributed by atoms with Crippen LogP contribution in [0.5, 0.6) is 0 Å². The fourth-order valence-corrected chi connectivity index (χ4v) is 1.42. The van der Waals surface area contributed by atoms with Gasteiger partial charge in [-0.2, -0.15) is 0 Å². The minimum atomic E-state index is -0.688. The Balaban J connectivity index is 2.84. The van der Waals surface area contributed by atoms with Crippen molar-refractivity contribution in [2.24, 2.45) is 5.73 Å². The van der Waals surface area contributed by atoms with Gasteiger partial charge >= 0.3 is 0 Å². The van der Waals surface area contributed by atoms with Crippen molar-refractivity contribution in [3.63, 3.8) is 0 Å². The molecule has 17 heavy (non-hydrogen) atoms.